The number of sulfonamides is 1. The third-order valence-electron chi connectivity index (χ3n) is 3.91. The van der Waals surface area contributed by atoms with E-state index in [1.165, 1.54) is 45.8 Å². The van der Waals surface area contributed by atoms with Crippen LogP contribution in [0.5, 0.6) is 0 Å². The minimum Gasteiger partial charge on any atom is -0.352 e. The van der Waals surface area contributed by atoms with E-state index in [1.54, 1.807) is 24.9 Å². The molecule has 2 N–H and O–H groups in total. The van der Waals surface area contributed by atoms with Gasteiger partial charge in [0.2, 0.25) is 0 Å². The maximum Gasteiger partial charge on any atom is 0.252 e. The molecule has 0 radical (unpaired) electrons. The monoisotopic (exact) mass is 426 g/mol. The molecule has 27 heavy (non-hydrogen) atoms. The number of aryl methyl sites for hydroxylation is 1. The molecule has 0 aliphatic carbocycles. The summed E-state index contributed by atoms with van der Waals surface area (Å²) in [7, 11) is 1.41. The van der Waals surface area contributed by atoms with Gasteiger partial charge in [0, 0.05) is 37.5 Å². The number of thioether (sulfide) groups is 1. The Bertz CT molecular complexity index is 905. The number of hydrogen-bond acceptors (Lipinski definition) is 5. The second-order valence-corrected chi connectivity index (χ2v) is 10.5. The fourth-order valence-corrected chi connectivity index (χ4v) is 5.51. The molecule has 0 unspecified atom stereocenters. The normalized spacial score (nSPS) is 12.4. The lowest BCUT2D eigenvalue weighted by molar-refractivity contribution is 0.523. The zero-order valence-electron chi connectivity index (χ0n) is 16.2. The number of nitrogens with one attached hydrogen (secondary N) is 2. The Morgan fingerprint density at radius 3 is 2.52 bits per heavy atom. The van der Waals surface area contributed by atoms with Crippen LogP contribution in [0, 0.1) is 6.92 Å². The molecule has 0 atom stereocenters. The van der Waals surface area contributed by atoms with Crippen LogP contribution in [0.25, 0.3) is 0 Å². The van der Waals surface area contributed by atoms with Gasteiger partial charge in [0.1, 0.15) is 4.21 Å². The van der Waals surface area contributed by atoms with Crippen molar-refractivity contribution in [1.29, 1.82) is 0 Å². The van der Waals surface area contributed by atoms with Gasteiger partial charge in [-0.25, -0.2) is 12.7 Å². The Morgan fingerprint density at radius 2 is 1.89 bits per heavy atom. The van der Waals surface area contributed by atoms with Crippen LogP contribution in [-0.4, -0.2) is 46.1 Å². The third-order valence-corrected chi connectivity index (χ3v) is 8.10. The smallest absolute Gasteiger partial charge is 0.252 e. The molecule has 0 saturated carbocycles. The highest BCUT2D eigenvalue weighted by Gasteiger charge is 2.19. The molecule has 1 aromatic heterocycles. The lowest BCUT2D eigenvalue weighted by Gasteiger charge is -2.13. The van der Waals surface area contributed by atoms with Crippen LogP contribution < -0.4 is 10.6 Å². The first-order valence-electron chi connectivity index (χ1n) is 8.37. The van der Waals surface area contributed by atoms with Gasteiger partial charge in [-0.1, -0.05) is 12.1 Å². The highest BCUT2D eigenvalue weighted by Crippen LogP contribution is 2.24. The summed E-state index contributed by atoms with van der Waals surface area (Å²) in [5, 5.41) is 6.54. The fourth-order valence-electron chi connectivity index (χ4n) is 2.34. The zero-order valence-corrected chi connectivity index (χ0v) is 18.7. The van der Waals surface area contributed by atoms with Crippen LogP contribution in [0.15, 0.2) is 44.4 Å². The van der Waals surface area contributed by atoms with Gasteiger partial charge >= 0.3 is 0 Å². The van der Waals surface area contributed by atoms with E-state index in [4.69, 9.17) is 0 Å². The van der Waals surface area contributed by atoms with Gasteiger partial charge in [-0.2, -0.15) is 0 Å². The molecule has 2 aromatic rings. The van der Waals surface area contributed by atoms with Gasteiger partial charge in [0.25, 0.3) is 10.0 Å². The van der Waals surface area contributed by atoms with Crippen molar-refractivity contribution in [2.24, 2.45) is 4.99 Å². The number of benzene rings is 1. The molecule has 6 nitrogen and oxygen atoms in total. The van der Waals surface area contributed by atoms with E-state index >= 15 is 0 Å². The van der Waals surface area contributed by atoms with Gasteiger partial charge in [0.05, 0.1) is 6.54 Å². The van der Waals surface area contributed by atoms with Crippen molar-refractivity contribution in [3.63, 3.8) is 0 Å². The van der Waals surface area contributed by atoms with Crippen molar-refractivity contribution in [3.05, 3.63) is 46.3 Å². The standard InChI is InChI=1S/C18H26N4O2S3/c1-13-6-7-14(16(10-13)25-5)11-20-18(19-2)21-12-15-8-9-17(26-15)27(23,24)22(3)4/h6-10H,11-12H2,1-5H3,(H2,19,20,21). The SMILES string of the molecule is CN=C(NCc1ccc(S(=O)(=O)N(C)C)s1)NCc1ccc(C)cc1SC. The summed E-state index contributed by atoms with van der Waals surface area (Å²) in [6, 6.07) is 9.87. The van der Waals surface area contributed by atoms with Crippen molar-refractivity contribution >= 4 is 39.1 Å². The summed E-state index contributed by atoms with van der Waals surface area (Å²) < 4.78 is 25.9. The van der Waals surface area contributed by atoms with Gasteiger partial charge < -0.3 is 10.6 Å². The number of rotatable bonds is 7. The Balaban J connectivity index is 1.96. The molecular weight excluding hydrogens is 400 g/mol. The summed E-state index contributed by atoms with van der Waals surface area (Å²) in [6.07, 6.45) is 2.07. The molecule has 0 amide bonds. The van der Waals surface area contributed by atoms with Crippen molar-refractivity contribution in [1.82, 2.24) is 14.9 Å². The Kier molecular flexibility index (Phi) is 7.72. The molecule has 0 spiro atoms. The van der Waals surface area contributed by atoms with E-state index in [2.05, 4.69) is 47.0 Å². The van der Waals surface area contributed by atoms with Crippen LogP contribution >= 0.6 is 23.1 Å². The molecule has 2 rings (SSSR count). The van der Waals surface area contributed by atoms with Crippen LogP contribution in [0.4, 0.5) is 0 Å². The second-order valence-electron chi connectivity index (χ2n) is 6.10. The van der Waals surface area contributed by atoms with Crippen LogP contribution in [0.3, 0.4) is 0 Å². The maximum absolute atomic E-state index is 12.2. The zero-order chi connectivity index (χ0) is 20.0. The highest BCUT2D eigenvalue weighted by molar-refractivity contribution is 7.98. The van der Waals surface area contributed by atoms with E-state index < -0.39 is 10.0 Å². The van der Waals surface area contributed by atoms with Crippen LogP contribution in [0.2, 0.25) is 0 Å². The average Bonchev–Trinajstić information content (AvgIpc) is 3.12. The topological polar surface area (TPSA) is 73.8 Å². The lowest BCUT2D eigenvalue weighted by Crippen LogP contribution is -2.36. The quantitative estimate of drug-likeness (QED) is 0.405. The summed E-state index contributed by atoms with van der Waals surface area (Å²) in [5.74, 6) is 0.674. The van der Waals surface area contributed by atoms with E-state index in [1.807, 2.05) is 6.07 Å². The van der Waals surface area contributed by atoms with Gasteiger partial charge in [-0.15, -0.1) is 23.1 Å². The molecule has 0 saturated heterocycles. The van der Waals surface area contributed by atoms with Crippen LogP contribution in [-0.2, 0) is 23.1 Å². The minimum absolute atomic E-state index is 0.344. The first-order chi connectivity index (χ1) is 12.8. The molecule has 1 aromatic carbocycles. The fraction of sp³-hybridized carbons (Fsp3) is 0.389. The summed E-state index contributed by atoms with van der Waals surface area (Å²) in [5.41, 5.74) is 2.46. The predicted octanol–water partition coefficient (Wildman–Crippen LogP) is 2.89. The van der Waals surface area contributed by atoms with E-state index in [0.29, 0.717) is 23.3 Å². The number of nitrogens with zero attached hydrogens (tertiary/aromatic N) is 2. The first-order valence-corrected chi connectivity index (χ1v) is 11.9. The van der Waals surface area contributed by atoms with Crippen molar-refractivity contribution < 1.29 is 8.42 Å². The second kappa shape index (κ2) is 9.59. The van der Waals surface area contributed by atoms with Gasteiger partial charge in [-0.3, -0.25) is 4.99 Å². The van der Waals surface area contributed by atoms with Crippen molar-refractivity contribution in [2.45, 2.75) is 29.1 Å². The minimum atomic E-state index is -3.38. The number of aliphatic imine (C=N–C) groups is 1. The maximum atomic E-state index is 12.2. The molecule has 148 valence electrons. The summed E-state index contributed by atoms with van der Waals surface area (Å²) >= 11 is 2.99. The van der Waals surface area contributed by atoms with Gasteiger partial charge in [0.15, 0.2) is 5.96 Å². The largest absolute Gasteiger partial charge is 0.352 e. The summed E-state index contributed by atoms with van der Waals surface area (Å²) in [6.45, 7) is 3.26. The van der Waals surface area contributed by atoms with E-state index in [0.717, 1.165) is 4.88 Å². The molecule has 0 fully saturated rings. The lowest BCUT2D eigenvalue weighted by atomic mass is 10.1. The van der Waals surface area contributed by atoms with Crippen molar-refractivity contribution in [3.8, 4) is 0 Å². The number of thiophene rings is 1. The number of hydrogen-bond donors (Lipinski definition) is 2. The molecule has 0 aliphatic heterocycles. The molecule has 0 aliphatic rings. The Hall–Kier alpha value is -1.55. The Labute approximate surface area is 170 Å². The molecule has 9 heteroatoms. The highest BCUT2D eigenvalue weighted by atomic mass is 32.2. The average molecular weight is 427 g/mol. The molecule has 0 bridgehead atoms. The van der Waals surface area contributed by atoms with E-state index in [9.17, 15) is 8.42 Å². The Morgan fingerprint density at radius 1 is 1.19 bits per heavy atom. The third kappa shape index (κ3) is 5.71. The molecule has 1 heterocycles. The predicted molar refractivity (Wildman–Crippen MR) is 115 cm³/mol. The van der Waals surface area contributed by atoms with Crippen LogP contribution in [0.1, 0.15) is 16.0 Å². The number of guanidine groups is 1. The van der Waals surface area contributed by atoms with E-state index in [-0.39, 0.29) is 0 Å². The van der Waals surface area contributed by atoms with Gasteiger partial charge in [-0.05, 0) is 42.5 Å². The molecular formula is C18H26N4O2S3. The summed E-state index contributed by atoms with van der Waals surface area (Å²) in [4.78, 5) is 6.42. The van der Waals surface area contributed by atoms with Crippen molar-refractivity contribution in [2.75, 3.05) is 27.4 Å². The first kappa shape index (κ1) is 21.7.